The second-order valence-corrected chi connectivity index (χ2v) is 6.70. The van der Waals surface area contributed by atoms with Crippen molar-refractivity contribution >= 4 is 0 Å². The van der Waals surface area contributed by atoms with E-state index >= 15 is 0 Å². The number of benzene rings is 2. The fourth-order valence-corrected chi connectivity index (χ4v) is 3.40. The van der Waals surface area contributed by atoms with Crippen LogP contribution in [0.15, 0.2) is 60.7 Å². The Hall–Kier alpha value is -1.68. The van der Waals surface area contributed by atoms with Crippen molar-refractivity contribution in [1.82, 2.24) is 5.32 Å². The average Bonchev–Trinajstić information content (AvgIpc) is 2.63. The van der Waals surface area contributed by atoms with Crippen LogP contribution < -0.4 is 5.32 Å². The number of hydrogen-bond acceptors (Lipinski definition) is 3. The highest BCUT2D eigenvalue weighted by molar-refractivity contribution is 5.18. The molecule has 1 fully saturated rings. The Bertz CT molecular complexity index is 602. The third-order valence-corrected chi connectivity index (χ3v) is 4.86. The third-order valence-electron chi connectivity index (χ3n) is 4.86. The van der Waals surface area contributed by atoms with Crippen LogP contribution >= 0.6 is 0 Å². The zero-order valence-corrected chi connectivity index (χ0v) is 14.3. The maximum absolute atomic E-state index is 10.5. The smallest absolute Gasteiger partial charge is 0.0720 e. The van der Waals surface area contributed by atoms with Gasteiger partial charge >= 0.3 is 0 Å². The summed E-state index contributed by atoms with van der Waals surface area (Å²) in [4.78, 5) is 0. The summed E-state index contributed by atoms with van der Waals surface area (Å²) in [5.41, 5.74) is 2.44. The number of nitrogens with one attached hydrogen (secondary N) is 1. The summed E-state index contributed by atoms with van der Waals surface area (Å²) in [5, 5.41) is 14.1. The minimum absolute atomic E-state index is 0.136. The van der Waals surface area contributed by atoms with Gasteiger partial charge in [0.25, 0.3) is 0 Å². The molecule has 0 saturated heterocycles. The van der Waals surface area contributed by atoms with Gasteiger partial charge in [-0.25, -0.2) is 0 Å². The predicted octanol–water partition coefficient (Wildman–Crippen LogP) is 3.84. The van der Waals surface area contributed by atoms with Crippen LogP contribution in [-0.4, -0.2) is 23.4 Å². The highest BCUT2D eigenvalue weighted by Crippen LogP contribution is 2.25. The Morgan fingerprint density at radius 2 is 1.71 bits per heavy atom. The highest BCUT2D eigenvalue weighted by Gasteiger charge is 2.30. The standard InChI is InChI=1S/C21H27NO2/c1-16(18-10-6-3-7-11-18)22-20-13-12-19(14-21(20)23)24-15-17-8-4-2-5-9-17/h2-11,16,19-23H,12-15H2,1H3/t16-,19-,20?,21?/m0/s1. The Kier molecular flexibility index (Phi) is 6.02. The molecule has 128 valence electrons. The normalized spacial score (nSPS) is 25.3. The fourth-order valence-electron chi connectivity index (χ4n) is 3.40. The molecule has 1 aliphatic rings. The lowest BCUT2D eigenvalue weighted by molar-refractivity contribution is -0.0370. The number of ether oxygens (including phenoxy) is 1. The van der Waals surface area contributed by atoms with Gasteiger partial charge < -0.3 is 15.2 Å². The van der Waals surface area contributed by atoms with Gasteiger partial charge in [-0.05, 0) is 30.9 Å². The molecular weight excluding hydrogens is 298 g/mol. The van der Waals surface area contributed by atoms with E-state index in [0.29, 0.717) is 13.0 Å². The van der Waals surface area contributed by atoms with Crippen LogP contribution in [0, 0.1) is 0 Å². The molecule has 2 N–H and O–H groups in total. The molecule has 4 atom stereocenters. The van der Waals surface area contributed by atoms with Crippen LogP contribution in [-0.2, 0) is 11.3 Å². The van der Waals surface area contributed by atoms with Crippen molar-refractivity contribution in [3.63, 3.8) is 0 Å². The molecule has 24 heavy (non-hydrogen) atoms. The molecule has 0 amide bonds. The summed E-state index contributed by atoms with van der Waals surface area (Å²) in [5.74, 6) is 0. The first-order valence-electron chi connectivity index (χ1n) is 8.87. The lowest BCUT2D eigenvalue weighted by Gasteiger charge is -2.35. The highest BCUT2D eigenvalue weighted by atomic mass is 16.5. The Balaban J connectivity index is 1.46. The van der Waals surface area contributed by atoms with Crippen LogP contribution in [0.25, 0.3) is 0 Å². The van der Waals surface area contributed by atoms with Gasteiger partial charge in [-0.1, -0.05) is 60.7 Å². The minimum Gasteiger partial charge on any atom is -0.391 e. The van der Waals surface area contributed by atoms with Gasteiger partial charge in [0.2, 0.25) is 0 Å². The van der Waals surface area contributed by atoms with Gasteiger partial charge in [-0.2, -0.15) is 0 Å². The molecule has 3 rings (SSSR count). The summed E-state index contributed by atoms with van der Waals surface area (Å²) in [6.45, 7) is 2.77. The molecule has 0 heterocycles. The summed E-state index contributed by atoms with van der Waals surface area (Å²) in [7, 11) is 0. The summed E-state index contributed by atoms with van der Waals surface area (Å²) in [6.07, 6.45) is 2.42. The molecule has 0 aromatic heterocycles. The molecule has 0 radical (unpaired) electrons. The van der Waals surface area contributed by atoms with Crippen LogP contribution in [0.5, 0.6) is 0 Å². The summed E-state index contributed by atoms with van der Waals surface area (Å²) in [6, 6.07) is 21.0. The van der Waals surface area contributed by atoms with E-state index < -0.39 is 0 Å². The summed E-state index contributed by atoms with van der Waals surface area (Å²) >= 11 is 0. The largest absolute Gasteiger partial charge is 0.391 e. The second kappa shape index (κ2) is 8.43. The molecule has 0 aliphatic heterocycles. The van der Waals surface area contributed by atoms with Crippen LogP contribution in [0.1, 0.15) is 43.4 Å². The number of rotatable bonds is 6. The maximum atomic E-state index is 10.5. The molecule has 0 bridgehead atoms. The monoisotopic (exact) mass is 325 g/mol. The van der Waals surface area contributed by atoms with E-state index in [-0.39, 0.29) is 24.3 Å². The Labute approximate surface area is 144 Å². The van der Waals surface area contributed by atoms with Crippen molar-refractivity contribution in [3.05, 3.63) is 71.8 Å². The number of hydrogen-bond donors (Lipinski definition) is 2. The molecule has 2 aromatic rings. The Morgan fingerprint density at radius 1 is 1.04 bits per heavy atom. The molecule has 1 saturated carbocycles. The second-order valence-electron chi connectivity index (χ2n) is 6.70. The third kappa shape index (κ3) is 4.67. The van der Waals surface area contributed by atoms with E-state index in [2.05, 4.69) is 48.6 Å². The Morgan fingerprint density at radius 3 is 2.38 bits per heavy atom. The van der Waals surface area contributed by atoms with Gasteiger partial charge in [0.15, 0.2) is 0 Å². The van der Waals surface area contributed by atoms with Crippen LogP contribution in [0.4, 0.5) is 0 Å². The fraction of sp³-hybridized carbons (Fsp3) is 0.429. The van der Waals surface area contributed by atoms with Crippen molar-refractivity contribution in [2.75, 3.05) is 0 Å². The van der Waals surface area contributed by atoms with Crippen molar-refractivity contribution < 1.29 is 9.84 Å². The molecule has 3 nitrogen and oxygen atoms in total. The molecule has 2 unspecified atom stereocenters. The van der Waals surface area contributed by atoms with E-state index in [0.717, 1.165) is 12.8 Å². The topological polar surface area (TPSA) is 41.5 Å². The lowest BCUT2D eigenvalue weighted by atomic mass is 9.89. The van der Waals surface area contributed by atoms with Gasteiger partial charge in [0.1, 0.15) is 0 Å². The maximum Gasteiger partial charge on any atom is 0.0720 e. The zero-order chi connectivity index (χ0) is 16.8. The zero-order valence-electron chi connectivity index (χ0n) is 14.3. The summed E-state index contributed by atoms with van der Waals surface area (Å²) < 4.78 is 5.99. The predicted molar refractivity (Wildman–Crippen MR) is 96.7 cm³/mol. The number of aliphatic hydroxyl groups is 1. The first-order chi connectivity index (χ1) is 11.7. The van der Waals surface area contributed by atoms with Crippen LogP contribution in [0.3, 0.4) is 0 Å². The first-order valence-corrected chi connectivity index (χ1v) is 8.87. The van der Waals surface area contributed by atoms with E-state index in [9.17, 15) is 5.11 Å². The molecule has 1 aliphatic carbocycles. The van der Waals surface area contributed by atoms with Gasteiger partial charge in [0.05, 0.1) is 18.8 Å². The SMILES string of the molecule is C[C@H](NC1CC[C@H](OCc2ccccc2)CC1O)c1ccccc1. The van der Waals surface area contributed by atoms with Crippen molar-refractivity contribution in [1.29, 1.82) is 0 Å². The minimum atomic E-state index is -0.356. The van der Waals surface area contributed by atoms with Crippen molar-refractivity contribution in [2.45, 2.75) is 57.1 Å². The van der Waals surface area contributed by atoms with Crippen molar-refractivity contribution in [3.8, 4) is 0 Å². The lowest BCUT2D eigenvalue weighted by Crippen LogP contribution is -2.46. The molecule has 0 spiro atoms. The van der Waals surface area contributed by atoms with Crippen molar-refractivity contribution in [2.24, 2.45) is 0 Å². The van der Waals surface area contributed by atoms with Gasteiger partial charge in [-0.15, -0.1) is 0 Å². The van der Waals surface area contributed by atoms with Gasteiger partial charge in [0, 0.05) is 18.5 Å². The molecule has 2 aromatic carbocycles. The molecular formula is C21H27NO2. The van der Waals surface area contributed by atoms with Gasteiger partial charge in [-0.3, -0.25) is 0 Å². The van der Waals surface area contributed by atoms with E-state index in [1.54, 1.807) is 0 Å². The van der Waals surface area contributed by atoms with E-state index in [1.807, 2.05) is 24.3 Å². The average molecular weight is 325 g/mol. The first kappa shape index (κ1) is 17.2. The molecule has 3 heteroatoms. The van der Waals surface area contributed by atoms with E-state index in [1.165, 1.54) is 11.1 Å². The van der Waals surface area contributed by atoms with Crippen LogP contribution in [0.2, 0.25) is 0 Å². The quantitative estimate of drug-likeness (QED) is 0.848. The van der Waals surface area contributed by atoms with E-state index in [4.69, 9.17) is 4.74 Å². The number of aliphatic hydroxyl groups excluding tert-OH is 1.